The molecule has 3 saturated heterocycles. The van der Waals surface area contributed by atoms with E-state index in [4.69, 9.17) is 4.74 Å². The molecule has 1 aromatic carbocycles. The van der Waals surface area contributed by atoms with Crippen LogP contribution in [0.4, 0.5) is 0 Å². The highest BCUT2D eigenvalue weighted by Crippen LogP contribution is 2.32. The number of aromatic nitrogens is 1. The molecule has 4 fully saturated rings. The van der Waals surface area contributed by atoms with Gasteiger partial charge in [-0.15, -0.1) is 0 Å². The minimum Gasteiger partial charge on any atom is -0.493 e. The van der Waals surface area contributed by atoms with Crippen molar-refractivity contribution in [3.05, 3.63) is 23.9 Å². The highest BCUT2D eigenvalue weighted by Gasteiger charge is 2.35. The van der Waals surface area contributed by atoms with E-state index in [1.807, 2.05) is 18.2 Å². The second-order valence-electron chi connectivity index (χ2n) is 7.66. The quantitative estimate of drug-likeness (QED) is 0.894. The molecular formula is C19H23N3O2S. The number of nitrogens with one attached hydrogen (secondary N) is 1. The molecule has 25 heavy (non-hydrogen) atoms. The molecule has 6 heteroatoms. The van der Waals surface area contributed by atoms with Crippen molar-refractivity contribution in [2.24, 2.45) is 11.8 Å². The van der Waals surface area contributed by atoms with Gasteiger partial charge < -0.3 is 15.0 Å². The molecule has 3 aliphatic heterocycles. The van der Waals surface area contributed by atoms with E-state index < -0.39 is 0 Å². The third-order valence-corrected chi connectivity index (χ3v) is 6.62. The lowest BCUT2D eigenvalue weighted by Crippen LogP contribution is -2.57. The highest BCUT2D eigenvalue weighted by atomic mass is 32.1. The molecule has 0 spiro atoms. The van der Waals surface area contributed by atoms with Gasteiger partial charge in [0, 0.05) is 18.0 Å². The van der Waals surface area contributed by atoms with Crippen molar-refractivity contribution in [2.75, 3.05) is 26.2 Å². The maximum absolute atomic E-state index is 12.8. The predicted molar refractivity (Wildman–Crippen MR) is 98.3 cm³/mol. The van der Waals surface area contributed by atoms with Gasteiger partial charge in [0.05, 0.1) is 11.3 Å². The Bertz CT molecular complexity index is 793. The summed E-state index contributed by atoms with van der Waals surface area (Å²) in [6.07, 6.45) is 4.97. The summed E-state index contributed by atoms with van der Waals surface area (Å²) >= 11 is 1.38. The van der Waals surface area contributed by atoms with Crippen LogP contribution in [0.1, 0.15) is 36.2 Å². The fraction of sp³-hybridized carbons (Fsp3) is 0.579. The van der Waals surface area contributed by atoms with Gasteiger partial charge in [-0.05, 0) is 80.3 Å². The van der Waals surface area contributed by atoms with E-state index in [-0.39, 0.29) is 11.9 Å². The van der Waals surface area contributed by atoms with Gasteiger partial charge in [0.1, 0.15) is 11.4 Å². The Morgan fingerprint density at radius 2 is 2.12 bits per heavy atom. The zero-order chi connectivity index (χ0) is 16.8. The fourth-order valence-electron chi connectivity index (χ4n) is 4.04. The normalized spacial score (nSPS) is 28.2. The lowest BCUT2D eigenvalue weighted by molar-refractivity contribution is 0.0619. The smallest absolute Gasteiger partial charge is 0.271 e. The summed E-state index contributed by atoms with van der Waals surface area (Å²) in [6, 6.07) is 6.23. The molecule has 4 heterocycles. The van der Waals surface area contributed by atoms with Crippen LogP contribution in [-0.4, -0.2) is 47.5 Å². The number of rotatable bonds is 5. The lowest BCUT2D eigenvalue weighted by Gasteiger charge is -2.44. The van der Waals surface area contributed by atoms with Crippen molar-refractivity contribution in [3.63, 3.8) is 0 Å². The summed E-state index contributed by atoms with van der Waals surface area (Å²) in [5.74, 6) is 2.21. The molecule has 0 unspecified atom stereocenters. The van der Waals surface area contributed by atoms with Gasteiger partial charge in [-0.2, -0.15) is 4.37 Å². The van der Waals surface area contributed by atoms with E-state index in [9.17, 15) is 4.79 Å². The summed E-state index contributed by atoms with van der Waals surface area (Å²) in [6.45, 7) is 4.15. The second-order valence-corrected chi connectivity index (χ2v) is 8.47. The first-order valence-electron chi connectivity index (χ1n) is 9.32. The van der Waals surface area contributed by atoms with E-state index in [0.717, 1.165) is 34.9 Å². The van der Waals surface area contributed by atoms with E-state index in [2.05, 4.69) is 14.6 Å². The number of carbonyl (C=O) groups excluding carboxylic acids is 1. The van der Waals surface area contributed by atoms with Gasteiger partial charge in [0.2, 0.25) is 0 Å². The first-order valence-corrected chi connectivity index (χ1v) is 10.1. The summed E-state index contributed by atoms with van der Waals surface area (Å²) in [5, 5.41) is 4.17. The molecule has 0 radical (unpaired) electrons. The lowest BCUT2D eigenvalue weighted by atomic mass is 9.84. The van der Waals surface area contributed by atoms with Gasteiger partial charge in [-0.1, -0.05) is 0 Å². The summed E-state index contributed by atoms with van der Waals surface area (Å²) in [7, 11) is 0. The molecule has 6 rings (SSSR count). The van der Waals surface area contributed by atoms with E-state index >= 15 is 0 Å². The molecule has 1 atom stereocenters. The number of amides is 1. The van der Waals surface area contributed by atoms with Crippen LogP contribution in [0.25, 0.3) is 10.1 Å². The Labute approximate surface area is 151 Å². The van der Waals surface area contributed by atoms with Crippen LogP contribution in [-0.2, 0) is 0 Å². The fourth-order valence-corrected chi connectivity index (χ4v) is 4.84. The van der Waals surface area contributed by atoms with E-state index in [1.54, 1.807) is 0 Å². The third kappa shape index (κ3) is 3.13. The first kappa shape index (κ1) is 15.6. The molecule has 2 aromatic rings. The molecule has 132 valence electrons. The first-order chi connectivity index (χ1) is 12.3. The average Bonchev–Trinajstić information content (AvgIpc) is 3.38. The SMILES string of the molecule is O=C(N[C@@H]1CN2CCC1CC2)c1nsc2cc(OCC3CC3)ccc12. The Kier molecular flexibility index (Phi) is 3.90. The summed E-state index contributed by atoms with van der Waals surface area (Å²) < 4.78 is 11.3. The molecule has 1 aromatic heterocycles. The molecular weight excluding hydrogens is 334 g/mol. The largest absolute Gasteiger partial charge is 0.493 e. The topological polar surface area (TPSA) is 54.5 Å². The summed E-state index contributed by atoms with van der Waals surface area (Å²) in [5.41, 5.74) is 0.560. The van der Waals surface area contributed by atoms with Crippen LogP contribution >= 0.6 is 11.5 Å². The van der Waals surface area contributed by atoms with Crippen molar-refractivity contribution in [2.45, 2.75) is 31.7 Å². The average molecular weight is 357 g/mol. The number of fused-ring (bicyclic) bond motifs is 4. The minimum absolute atomic E-state index is 0.0309. The number of piperidine rings is 3. The number of nitrogens with zero attached hydrogens (tertiary/aromatic N) is 2. The standard InChI is InChI=1S/C19H23N3O2S/c23-19(20-16-10-22-7-5-13(16)6-8-22)18-15-4-3-14(9-17(15)25-21-18)24-11-12-1-2-12/h3-4,9,12-13,16H,1-2,5-8,10-11H2,(H,20,23)/t16-/m1/s1. The Morgan fingerprint density at radius 1 is 1.28 bits per heavy atom. The molecule has 1 amide bonds. The van der Waals surface area contributed by atoms with Gasteiger partial charge in [-0.3, -0.25) is 4.79 Å². The molecule has 4 aliphatic rings. The zero-order valence-electron chi connectivity index (χ0n) is 14.2. The number of ether oxygens (including phenoxy) is 1. The number of hydrogen-bond donors (Lipinski definition) is 1. The van der Waals surface area contributed by atoms with Crippen molar-refractivity contribution < 1.29 is 9.53 Å². The van der Waals surface area contributed by atoms with Gasteiger partial charge >= 0.3 is 0 Å². The molecule has 1 saturated carbocycles. The van der Waals surface area contributed by atoms with E-state index in [1.165, 1.54) is 50.3 Å². The van der Waals surface area contributed by atoms with Crippen LogP contribution < -0.4 is 10.1 Å². The summed E-state index contributed by atoms with van der Waals surface area (Å²) in [4.78, 5) is 15.2. The highest BCUT2D eigenvalue weighted by molar-refractivity contribution is 7.13. The van der Waals surface area contributed by atoms with Crippen LogP contribution in [0.15, 0.2) is 18.2 Å². The second kappa shape index (κ2) is 6.25. The minimum atomic E-state index is -0.0309. The number of hydrogen-bond acceptors (Lipinski definition) is 5. The maximum atomic E-state index is 12.8. The van der Waals surface area contributed by atoms with Gasteiger partial charge in [0.15, 0.2) is 0 Å². The third-order valence-electron chi connectivity index (χ3n) is 5.81. The monoisotopic (exact) mass is 357 g/mol. The van der Waals surface area contributed by atoms with Crippen LogP contribution in [0.5, 0.6) is 5.75 Å². The van der Waals surface area contributed by atoms with E-state index in [0.29, 0.717) is 11.6 Å². The van der Waals surface area contributed by atoms with Crippen molar-refractivity contribution >= 4 is 27.5 Å². The van der Waals surface area contributed by atoms with Gasteiger partial charge in [0.25, 0.3) is 5.91 Å². The predicted octanol–water partition coefficient (Wildman–Crippen LogP) is 2.91. The zero-order valence-corrected chi connectivity index (χ0v) is 15.1. The Balaban J connectivity index is 1.30. The van der Waals surface area contributed by atoms with Gasteiger partial charge in [-0.25, -0.2) is 0 Å². The molecule has 1 N–H and O–H groups in total. The Hall–Kier alpha value is -1.66. The molecule has 2 bridgehead atoms. The number of carbonyl (C=O) groups is 1. The van der Waals surface area contributed by atoms with Crippen LogP contribution in [0.2, 0.25) is 0 Å². The molecule has 1 aliphatic carbocycles. The van der Waals surface area contributed by atoms with Crippen LogP contribution in [0.3, 0.4) is 0 Å². The number of benzene rings is 1. The van der Waals surface area contributed by atoms with Crippen molar-refractivity contribution in [3.8, 4) is 5.75 Å². The molecule has 5 nitrogen and oxygen atoms in total. The van der Waals surface area contributed by atoms with Crippen molar-refractivity contribution in [1.29, 1.82) is 0 Å². The maximum Gasteiger partial charge on any atom is 0.271 e. The van der Waals surface area contributed by atoms with Crippen LogP contribution in [0, 0.1) is 11.8 Å². The van der Waals surface area contributed by atoms with Crippen molar-refractivity contribution in [1.82, 2.24) is 14.6 Å². The Morgan fingerprint density at radius 3 is 2.84 bits per heavy atom.